The highest BCUT2D eigenvalue weighted by molar-refractivity contribution is 5.97. The molecular weight excluding hydrogens is 344 g/mol. The Morgan fingerprint density at radius 1 is 1.19 bits per heavy atom. The van der Waals surface area contributed by atoms with Crippen molar-refractivity contribution in [1.29, 1.82) is 0 Å². The number of anilines is 1. The lowest BCUT2D eigenvalue weighted by Gasteiger charge is -2.23. The van der Waals surface area contributed by atoms with Gasteiger partial charge in [-0.1, -0.05) is 25.0 Å². The summed E-state index contributed by atoms with van der Waals surface area (Å²) in [5, 5.41) is 3.00. The van der Waals surface area contributed by atoms with Crippen LogP contribution in [-0.2, 0) is 4.79 Å². The van der Waals surface area contributed by atoms with Gasteiger partial charge >= 0.3 is 5.76 Å². The third-order valence-electron chi connectivity index (χ3n) is 5.32. The van der Waals surface area contributed by atoms with Gasteiger partial charge in [0.2, 0.25) is 5.91 Å². The number of carbonyl (C=O) groups is 1. The van der Waals surface area contributed by atoms with E-state index >= 15 is 0 Å². The fourth-order valence-corrected chi connectivity index (χ4v) is 3.98. The molecule has 1 aromatic heterocycles. The third-order valence-corrected chi connectivity index (χ3v) is 5.32. The van der Waals surface area contributed by atoms with E-state index in [1.165, 1.54) is 0 Å². The topological polar surface area (TPSA) is 84.3 Å². The first kappa shape index (κ1) is 17.4. The average Bonchev–Trinajstić information content (AvgIpc) is 3.31. The monoisotopic (exact) mass is 366 g/mol. The predicted octanol–water partition coefficient (Wildman–Crippen LogP) is 4.04. The SMILES string of the molecule is COc1ccc(C(C(=O)Nc2ccc3[nH]c(=O)oc3c2)C2CCCC2)cc1. The van der Waals surface area contributed by atoms with E-state index in [-0.39, 0.29) is 11.8 Å². The molecule has 4 rings (SSSR count). The van der Waals surface area contributed by atoms with Crippen LogP contribution >= 0.6 is 0 Å². The van der Waals surface area contributed by atoms with Crippen LogP contribution in [0.1, 0.15) is 37.2 Å². The summed E-state index contributed by atoms with van der Waals surface area (Å²) in [6.07, 6.45) is 4.42. The fraction of sp³-hybridized carbons (Fsp3) is 0.333. The number of H-pyrrole nitrogens is 1. The Kier molecular flexibility index (Phi) is 4.71. The van der Waals surface area contributed by atoms with Gasteiger partial charge in [-0.25, -0.2) is 4.79 Å². The van der Waals surface area contributed by atoms with Gasteiger partial charge in [0.25, 0.3) is 0 Å². The molecule has 0 radical (unpaired) electrons. The Morgan fingerprint density at radius 3 is 2.63 bits per heavy atom. The van der Waals surface area contributed by atoms with Crippen molar-refractivity contribution in [3.05, 3.63) is 58.6 Å². The third kappa shape index (κ3) is 3.60. The van der Waals surface area contributed by atoms with Gasteiger partial charge in [0.05, 0.1) is 18.5 Å². The van der Waals surface area contributed by atoms with Gasteiger partial charge in [0.15, 0.2) is 5.58 Å². The number of carbonyl (C=O) groups excluding carboxylic acids is 1. The first-order valence-electron chi connectivity index (χ1n) is 9.22. The van der Waals surface area contributed by atoms with Gasteiger partial charge < -0.3 is 14.5 Å². The molecule has 1 heterocycles. The zero-order valence-electron chi connectivity index (χ0n) is 15.2. The molecule has 2 aromatic carbocycles. The van der Waals surface area contributed by atoms with Crippen LogP contribution in [0.4, 0.5) is 5.69 Å². The number of benzene rings is 2. The molecule has 0 saturated heterocycles. The smallest absolute Gasteiger partial charge is 0.417 e. The molecule has 1 aliphatic carbocycles. The highest BCUT2D eigenvalue weighted by atomic mass is 16.5. The van der Waals surface area contributed by atoms with Crippen LogP contribution in [0.5, 0.6) is 5.75 Å². The number of hydrogen-bond donors (Lipinski definition) is 2. The molecule has 1 aliphatic rings. The van der Waals surface area contributed by atoms with Gasteiger partial charge in [-0.2, -0.15) is 0 Å². The maximum Gasteiger partial charge on any atom is 0.417 e. The summed E-state index contributed by atoms with van der Waals surface area (Å²) in [5.41, 5.74) is 2.65. The first-order valence-corrected chi connectivity index (χ1v) is 9.22. The minimum Gasteiger partial charge on any atom is -0.497 e. The lowest BCUT2D eigenvalue weighted by Crippen LogP contribution is -2.26. The second kappa shape index (κ2) is 7.31. The molecule has 3 aromatic rings. The number of hydrogen-bond acceptors (Lipinski definition) is 4. The van der Waals surface area contributed by atoms with Crippen molar-refractivity contribution in [2.45, 2.75) is 31.6 Å². The molecule has 27 heavy (non-hydrogen) atoms. The Labute approximate surface area is 156 Å². The van der Waals surface area contributed by atoms with Crippen LogP contribution in [0.25, 0.3) is 11.1 Å². The molecule has 1 amide bonds. The molecule has 140 valence electrons. The van der Waals surface area contributed by atoms with Crippen LogP contribution in [0.15, 0.2) is 51.7 Å². The molecule has 6 nitrogen and oxygen atoms in total. The largest absolute Gasteiger partial charge is 0.497 e. The Morgan fingerprint density at radius 2 is 1.93 bits per heavy atom. The highest BCUT2D eigenvalue weighted by Crippen LogP contribution is 2.38. The summed E-state index contributed by atoms with van der Waals surface area (Å²) in [4.78, 5) is 27.1. The summed E-state index contributed by atoms with van der Waals surface area (Å²) in [7, 11) is 1.63. The second-order valence-corrected chi connectivity index (χ2v) is 7.01. The lowest BCUT2D eigenvalue weighted by atomic mass is 9.84. The van der Waals surface area contributed by atoms with E-state index < -0.39 is 5.76 Å². The molecule has 0 aliphatic heterocycles. The summed E-state index contributed by atoms with van der Waals surface area (Å²) in [6, 6.07) is 12.9. The Hall–Kier alpha value is -3.02. The number of amides is 1. The number of nitrogens with one attached hydrogen (secondary N) is 2. The average molecular weight is 366 g/mol. The van der Waals surface area contributed by atoms with Crippen molar-refractivity contribution in [2.24, 2.45) is 5.92 Å². The molecule has 1 unspecified atom stereocenters. The predicted molar refractivity (Wildman–Crippen MR) is 103 cm³/mol. The van der Waals surface area contributed by atoms with Crippen molar-refractivity contribution in [3.8, 4) is 5.75 Å². The Bertz CT molecular complexity index is 997. The van der Waals surface area contributed by atoms with Crippen molar-refractivity contribution >= 4 is 22.7 Å². The van der Waals surface area contributed by atoms with Crippen LogP contribution in [0, 0.1) is 5.92 Å². The Balaban J connectivity index is 1.61. The van der Waals surface area contributed by atoms with Gasteiger partial charge in [-0.05, 0) is 48.6 Å². The van der Waals surface area contributed by atoms with E-state index in [2.05, 4.69) is 10.3 Å². The minimum absolute atomic E-state index is 0.0377. The maximum atomic E-state index is 13.2. The van der Waals surface area contributed by atoms with Crippen LogP contribution in [-0.4, -0.2) is 18.0 Å². The van der Waals surface area contributed by atoms with Gasteiger partial charge in [0.1, 0.15) is 5.75 Å². The van der Waals surface area contributed by atoms with E-state index in [0.717, 1.165) is 37.0 Å². The molecule has 1 saturated carbocycles. The normalized spacial score (nSPS) is 15.7. The molecule has 0 spiro atoms. The quantitative estimate of drug-likeness (QED) is 0.714. The summed E-state index contributed by atoms with van der Waals surface area (Å²) in [5.74, 6) is 0.344. The maximum absolute atomic E-state index is 13.2. The summed E-state index contributed by atoms with van der Waals surface area (Å²) in [6.45, 7) is 0. The molecule has 2 N–H and O–H groups in total. The van der Waals surface area contributed by atoms with Crippen LogP contribution in [0.3, 0.4) is 0 Å². The fourth-order valence-electron chi connectivity index (χ4n) is 3.98. The van der Waals surface area contributed by atoms with Crippen molar-refractivity contribution in [3.63, 3.8) is 0 Å². The van der Waals surface area contributed by atoms with Gasteiger partial charge in [-0.15, -0.1) is 0 Å². The standard InChI is InChI=1S/C21H22N2O4/c1-26-16-9-6-14(7-10-16)19(13-4-2-3-5-13)20(24)22-15-8-11-17-18(12-15)27-21(25)23-17/h6-13,19H,2-5H2,1H3,(H,22,24)(H,23,25). The number of aromatic nitrogens is 1. The molecule has 0 bridgehead atoms. The van der Waals surface area contributed by atoms with E-state index in [9.17, 15) is 9.59 Å². The zero-order chi connectivity index (χ0) is 18.8. The van der Waals surface area contributed by atoms with Crippen molar-refractivity contribution in [1.82, 2.24) is 4.98 Å². The number of fused-ring (bicyclic) bond motifs is 1. The van der Waals surface area contributed by atoms with Crippen molar-refractivity contribution in [2.75, 3.05) is 12.4 Å². The molecule has 6 heteroatoms. The molecular formula is C21H22N2O4. The van der Waals surface area contributed by atoms with Crippen LogP contribution < -0.4 is 15.8 Å². The summed E-state index contributed by atoms with van der Waals surface area (Å²) >= 11 is 0. The number of methoxy groups -OCH3 is 1. The second-order valence-electron chi connectivity index (χ2n) is 7.01. The van der Waals surface area contributed by atoms with Crippen LogP contribution in [0.2, 0.25) is 0 Å². The number of oxazole rings is 1. The van der Waals surface area contributed by atoms with Gasteiger partial charge in [-0.3, -0.25) is 9.78 Å². The zero-order valence-corrected chi connectivity index (χ0v) is 15.2. The van der Waals surface area contributed by atoms with E-state index in [1.807, 2.05) is 24.3 Å². The summed E-state index contributed by atoms with van der Waals surface area (Å²) < 4.78 is 10.3. The molecule has 1 atom stereocenters. The number of aromatic amines is 1. The highest BCUT2D eigenvalue weighted by Gasteiger charge is 2.32. The van der Waals surface area contributed by atoms with Gasteiger partial charge in [0, 0.05) is 11.8 Å². The number of rotatable bonds is 5. The minimum atomic E-state index is -0.504. The first-order chi connectivity index (χ1) is 13.1. The molecule has 1 fully saturated rings. The van der Waals surface area contributed by atoms with E-state index in [4.69, 9.17) is 9.15 Å². The lowest BCUT2D eigenvalue weighted by molar-refractivity contribution is -0.118. The van der Waals surface area contributed by atoms with E-state index in [0.29, 0.717) is 22.7 Å². The van der Waals surface area contributed by atoms with E-state index in [1.54, 1.807) is 25.3 Å². The van der Waals surface area contributed by atoms with Crippen molar-refractivity contribution < 1.29 is 13.9 Å². The number of ether oxygens (including phenoxy) is 1.